The van der Waals surface area contributed by atoms with Gasteiger partial charge in [0.05, 0.1) is 17.4 Å². The van der Waals surface area contributed by atoms with Crippen molar-refractivity contribution >= 4 is 27.6 Å². The minimum atomic E-state index is -3.59. The van der Waals surface area contributed by atoms with E-state index in [1.54, 1.807) is 24.3 Å². The van der Waals surface area contributed by atoms with Crippen LogP contribution in [0, 0.1) is 5.92 Å². The second kappa shape index (κ2) is 10.0. The van der Waals surface area contributed by atoms with Gasteiger partial charge >= 0.3 is 5.97 Å². The van der Waals surface area contributed by atoms with Gasteiger partial charge in [-0.15, -0.1) is 0 Å². The summed E-state index contributed by atoms with van der Waals surface area (Å²) in [6.45, 7) is 5.27. The van der Waals surface area contributed by atoms with Crippen LogP contribution in [0.15, 0.2) is 41.3 Å². The van der Waals surface area contributed by atoms with E-state index in [0.717, 1.165) is 11.1 Å². The van der Waals surface area contributed by atoms with Crippen LogP contribution in [0.2, 0.25) is 5.02 Å². The SMILES string of the molecule is CC(C)c1ccc(S(=O)(=O)N2CCC(C(=O)OCc3cc(Cl)cc4c3OCOC4)CC2)cc1. The van der Waals surface area contributed by atoms with Gasteiger partial charge < -0.3 is 14.2 Å². The van der Waals surface area contributed by atoms with Crippen molar-refractivity contribution in [3.8, 4) is 5.75 Å². The summed E-state index contributed by atoms with van der Waals surface area (Å²) >= 11 is 6.17. The summed E-state index contributed by atoms with van der Waals surface area (Å²) < 4.78 is 43.8. The van der Waals surface area contributed by atoms with Gasteiger partial charge in [0.25, 0.3) is 0 Å². The molecule has 0 aliphatic carbocycles. The summed E-state index contributed by atoms with van der Waals surface area (Å²) in [5.74, 6) is 0.289. The summed E-state index contributed by atoms with van der Waals surface area (Å²) in [6, 6.07) is 10.5. The molecule has 9 heteroatoms. The van der Waals surface area contributed by atoms with Gasteiger partial charge in [-0.25, -0.2) is 8.42 Å². The fourth-order valence-corrected chi connectivity index (χ4v) is 5.87. The Morgan fingerprint density at radius 2 is 1.88 bits per heavy atom. The largest absolute Gasteiger partial charge is 0.467 e. The van der Waals surface area contributed by atoms with Crippen LogP contribution in [-0.4, -0.2) is 38.6 Å². The summed E-state index contributed by atoms with van der Waals surface area (Å²) in [4.78, 5) is 12.9. The zero-order valence-electron chi connectivity index (χ0n) is 18.8. The molecule has 0 saturated carbocycles. The average Bonchev–Trinajstić information content (AvgIpc) is 2.82. The van der Waals surface area contributed by atoms with E-state index in [9.17, 15) is 13.2 Å². The lowest BCUT2D eigenvalue weighted by Gasteiger charge is -2.30. The molecule has 0 N–H and O–H groups in total. The van der Waals surface area contributed by atoms with Crippen molar-refractivity contribution in [1.29, 1.82) is 0 Å². The number of hydrogen-bond donors (Lipinski definition) is 0. The number of rotatable bonds is 6. The van der Waals surface area contributed by atoms with Crippen LogP contribution in [0.4, 0.5) is 0 Å². The number of fused-ring (bicyclic) bond motifs is 1. The van der Waals surface area contributed by atoms with E-state index in [-0.39, 0.29) is 43.3 Å². The summed E-state index contributed by atoms with van der Waals surface area (Å²) in [6.07, 6.45) is 0.834. The Labute approximate surface area is 199 Å². The molecule has 33 heavy (non-hydrogen) atoms. The molecular formula is C24H28ClNO6S. The van der Waals surface area contributed by atoms with Gasteiger partial charge in [-0.2, -0.15) is 4.31 Å². The lowest BCUT2D eigenvalue weighted by atomic mass is 9.98. The molecule has 1 saturated heterocycles. The Hall–Kier alpha value is -2.13. The molecule has 2 aliphatic heterocycles. The third kappa shape index (κ3) is 5.35. The Morgan fingerprint density at radius 1 is 1.18 bits per heavy atom. The van der Waals surface area contributed by atoms with Crippen molar-refractivity contribution in [3.63, 3.8) is 0 Å². The molecule has 0 amide bonds. The number of benzene rings is 2. The third-order valence-electron chi connectivity index (χ3n) is 6.09. The zero-order valence-corrected chi connectivity index (χ0v) is 20.3. The van der Waals surface area contributed by atoms with Crippen LogP contribution in [-0.2, 0) is 37.5 Å². The number of nitrogens with zero attached hydrogens (tertiary/aromatic N) is 1. The fraction of sp³-hybridized carbons (Fsp3) is 0.458. The second-order valence-electron chi connectivity index (χ2n) is 8.67. The summed E-state index contributed by atoms with van der Waals surface area (Å²) in [7, 11) is -3.59. The van der Waals surface area contributed by atoms with E-state index < -0.39 is 10.0 Å². The monoisotopic (exact) mass is 493 g/mol. The van der Waals surface area contributed by atoms with Gasteiger partial charge in [0.15, 0.2) is 6.79 Å². The number of sulfonamides is 1. The molecule has 0 radical (unpaired) electrons. The lowest BCUT2D eigenvalue weighted by molar-refractivity contribution is -0.151. The number of ether oxygens (including phenoxy) is 3. The standard InChI is InChI=1S/C24H28ClNO6S/c1-16(2)17-3-5-22(6-4-17)33(28,29)26-9-7-18(8-10-26)24(27)31-14-20-12-21(25)11-19-13-30-15-32-23(19)20/h3-6,11-12,16,18H,7-10,13-15H2,1-2H3. The zero-order chi connectivity index (χ0) is 23.6. The van der Waals surface area contributed by atoms with Crippen molar-refractivity contribution in [2.75, 3.05) is 19.9 Å². The van der Waals surface area contributed by atoms with E-state index in [0.29, 0.717) is 41.7 Å². The minimum absolute atomic E-state index is 0.0441. The topological polar surface area (TPSA) is 82.1 Å². The smallest absolute Gasteiger partial charge is 0.309 e. The quantitative estimate of drug-likeness (QED) is 0.552. The first-order valence-electron chi connectivity index (χ1n) is 11.0. The maximum Gasteiger partial charge on any atom is 0.309 e. The second-order valence-corrected chi connectivity index (χ2v) is 11.0. The third-order valence-corrected chi connectivity index (χ3v) is 8.22. The highest BCUT2D eigenvalue weighted by Crippen LogP contribution is 2.33. The van der Waals surface area contributed by atoms with Crippen molar-refractivity contribution in [2.45, 2.75) is 50.7 Å². The van der Waals surface area contributed by atoms with Gasteiger partial charge in [-0.1, -0.05) is 37.6 Å². The van der Waals surface area contributed by atoms with E-state index in [2.05, 4.69) is 13.8 Å². The van der Waals surface area contributed by atoms with Gasteiger partial charge in [-0.05, 0) is 48.6 Å². The Morgan fingerprint density at radius 3 is 2.55 bits per heavy atom. The van der Waals surface area contributed by atoms with Gasteiger partial charge in [0, 0.05) is 29.2 Å². The van der Waals surface area contributed by atoms with Crippen LogP contribution in [0.5, 0.6) is 5.75 Å². The van der Waals surface area contributed by atoms with Crippen LogP contribution < -0.4 is 4.74 Å². The van der Waals surface area contributed by atoms with Crippen molar-refractivity contribution in [2.24, 2.45) is 5.92 Å². The van der Waals surface area contributed by atoms with E-state index in [1.165, 1.54) is 4.31 Å². The summed E-state index contributed by atoms with van der Waals surface area (Å²) in [5.41, 5.74) is 2.60. The molecule has 7 nitrogen and oxygen atoms in total. The maximum atomic E-state index is 13.0. The first-order valence-corrected chi connectivity index (χ1v) is 12.9. The maximum absolute atomic E-state index is 13.0. The Kier molecular flexibility index (Phi) is 7.28. The number of carbonyl (C=O) groups is 1. The molecule has 0 bridgehead atoms. The average molecular weight is 494 g/mol. The molecule has 4 rings (SSSR count). The highest BCUT2D eigenvalue weighted by atomic mass is 35.5. The predicted octanol–water partition coefficient (Wildman–Crippen LogP) is 4.47. The number of hydrogen-bond acceptors (Lipinski definition) is 6. The van der Waals surface area contributed by atoms with E-state index >= 15 is 0 Å². The van der Waals surface area contributed by atoms with Crippen molar-refractivity contribution < 1.29 is 27.4 Å². The molecule has 2 aromatic carbocycles. The first-order chi connectivity index (χ1) is 15.8. The molecule has 1 fully saturated rings. The highest BCUT2D eigenvalue weighted by Gasteiger charge is 2.33. The van der Waals surface area contributed by atoms with E-state index in [1.807, 2.05) is 12.1 Å². The lowest BCUT2D eigenvalue weighted by Crippen LogP contribution is -2.40. The molecule has 0 aromatic heterocycles. The number of esters is 1. The molecular weight excluding hydrogens is 466 g/mol. The molecule has 2 aliphatic rings. The van der Waals surface area contributed by atoms with Crippen molar-refractivity contribution in [1.82, 2.24) is 4.31 Å². The van der Waals surface area contributed by atoms with Crippen LogP contribution in [0.25, 0.3) is 0 Å². The highest BCUT2D eigenvalue weighted by molar-refractivity contribution is 7.89. The molecule has 2 heterocycles. The molecule has 178 valence electrons. The summed E-state index contributed by atoms with van der Waals surface area (Å²) in [5, 5.41) is 0.522. The Bertz CT molecular complexity index is 1110. The first kappa shape index (κ1) is 24.0. The number of carbonyl (C=O) groups excluding carboxylic acids is 1. The van der Waals surface area contributed by atoms with Crippen LogP contribution >= 0.6 is 11.6 Å². The number of piperidine rings is 1. The molecule has 0 atom stereocenters. The van der Waals surface area contributed by atoms with Gasteiger partial charge in [0.2, 0.25) is 10.0 Å². The normalized spacial score (nSPS) is 17.5. The predicted molar refractivity (Wildman–Crippen MR) is 124 cm³/mol. The van der Waals surface area contributed by atoms with Gasteiger partial charge in [-0.3, -0.25) is 4.79 Å². The minimum Gasteiger partial charge on any atom is -0.467 e. The fourth-order valence-electron chi connectivity index (χ4n) is 4.14. The molecule has 0 spiro atoms. The van der Waals surface area contributed by atoms with Crippen LogP contribution in [0.1, 0.15) is 49.3 Å². The van der Waals surface area contributed by atoms with Crippen molar-refractivity contribution in [3.05, 3.63) is 58.1 Å². The van der Waals surface area contributed by atoms with E-state index in [4.69, 9.17) is 25.8 Å². The molecule has 2 aromatic rings. The Balaban J connectivity index is 1.34. The number of halogens is 1. The molecule has 0 unspecified atom stereocenters. The van der Waals surface area contributed by atoms with Crippen LogP contribution in [0.3, 0.4) is 0 Å². The van der Waals surface area contributed by atoms with Gasteiger partial charge in [0.1, 0.15) is 12.4 Å².